The number of nitrogens with one attached hydrogen (secondary N) is 1. The predicted octanol–water partition coefficient (Wildman–Crippen LogP) is 3.49. The molecule has 0 aliphatic rings. The van der Waals surface area contributed by atoms with Crippen molar-refractivity contribution < 1.29 is 0 Å². The summed E-state index contributed by atoms with van der Waals surface area (Å²) >= 11 is 0. The monoisotopic (exact) mass is 286 g/mol. The third-order valence-electron chi connectivity index (χ3n) is 3.94. The molecule has 2 aromatic heterocycles. The first-order chi connectivity index (χ1) is 10.3. The van der Waals surface area contributed by atoms with E-state index in [0.717, 1.165) is 43.7 Å². The highest BCUT2D eigenvalue weighted by Gasteiger charge is 2.08. The standard InChI is InChI=1S/C17H26N4/c1-4-14-8-7-10-19-17(14)13-18-12-15-9-11-21(20-15)16(5-2)6-3/h7-11,16,18H,4-6,12-13H2,1-3H3. The molecule has 0 atom stereocenters. The van der Waals surface area contributed by atoms with Crippen molar-refractivity contribution in [1.29, 1.82) is 0 Å². The van der Waals surface area contributed by atoms with E-state index in [1.807, 2.05) is 12.3 Å². The van der Waals surface area contributed by atoms with Gasteiger partial charge in [-0.05, 0) is 37.0 Å². The van der Waals surface area contributed by atoms with Crippen LogP contribution in [0.4, 0.5) is 0 Å². The van der Waals surface area contributed by atoms with Crippen molar-refractivity contribution in [3.05, 3.63) is 47.5 Å². The molecule has 0 bridgehead atoms. The van der Waals surface area contributed by atoms with E-state index < -0.39 is 0 Å². The molecule has 0 aromatic carbocycles. The van der Waals surface area contributed by atoms with Crippen LogP contribution in [0.5, 0.6) is 0 Å². The Bertz CT molecular complexity index is 543. The summed E-state index contributed by atoms with van der Waals surface area (Å²) in [6.07, 6.45) is 7.22. The quantitative estimate of drug-likeness (QED) is 0.807. The summed E-state index contributed by atoms with van der Waals surface area (Å²) in [5.74, 6) is 0. The van der Waals surface area contributed by atoms with Gasteiger partial charge in [0.1, 0.15) is 0 Å². The highest BCUT2D eigenvalue weighted by atomic mass is 15.3. The zero-order chi connectivity index (χ0) is 15.1. The smallest absolute Gasteiger partial charge is 0.0762 e. The molecule has 1 N–H and O–H groups in total. The van der Waals surface area contributed by atoms with Crippen LogP contribution in [0, 0.1) is 0 Å². The van der Waals surface area contributed by atoms with Gasteiger partial charge in [-0.15, -0.1) is 0 Å². The van der Waals surface area contributed by atoms with Crippen molar-refractivity contribution in [2.75, 3.05) is 0 Å². The topological polar surface area (TPSA) is 42.7 Å². The van der Waals surface area contributed by atoms with E-state index in [1.54, 1.807) is 0 Å². The summed E-state index contributed by atoms with van der Waals surface area (Å²) in [7, 11) is 0. The van der Waals surface area contributed by atoms with E-state index >= 15 is 0 Å². The summed E-state index contributed by atoms with van der Waals surface area (Å²) < 4.78 is 2.09. The average molecular weight is 286 g/mol. The second-order valence-electron chi connectivity index (χ2n) is 5.32. The van der Waals surface area contributed by atoms with E-state index in [4.69, 9.17) is 0 Å². The molecule has 0 spiro atoms. The molecule has 114 valence electrons. The average Bonchev–Trinajstić information content (AvgIpc) is 2.98. The first-order valence-electron chi connectivity index (χ1n) is 7.95. The highest BCUT2D eigenvalue weighted by Crippen LogP contribution is 2.14. The minimum absolute atomic E-state index is 0.515. The lowest BCUT2D eigenvalue weighted by atomic mass is 10.1. The molecule has 4 nitrogen and oxygen atoms in total. The molecule has 0 saturated carbocycles. The first kappa shape index (κ1) is 15.7. The number of hydrogen-bond acceptors (Lipinski definition) is 3. The molecule has 0 radical (unpaired) electrons. The fourth-order valence-corrected chi connectivity index (χ4v) is 2.60. The number of aromatic nitrogens is 3. The maximum atomic E-state index is 4.66. The molecule has 0 amide bonds. The Morgan fingerprint density at radius 3 is 2.67 bits per heavy atom. The molecule has 2 rings (SSSR count). The van der Waals surface area contributed by atoms with Gasteiger partial charge in [-0.25, -0.2) is 0 Å². The second-order valence-corrected chi connectivity index (χ2v) is 5.32. The van der Waals surface area contributed by atoms with Crippen LogP contribution in [-0.4, -0.2) is 14.8 Å². The van der Waals surface area contributed by atoms with Gasteiger partial charge in [-0.1, -0.05) is 26.8 Å². The fourth-order valence-electron chi connectivity index (χ4n) is 2.60. The molecule has 0 saturated heterocycles. The molecule has 21 heavy (non-hydrogen) atoms. The normalized spacial score (nSPS) is 11.2. The molecule has 0 aliphatic heterocycles. The number of rotatable bonds is 8. The van der Waals surface area contributed by atoms with Crippen LogP contribution in [0.2, 0.25) is 0 Å². The third kappa shape index (κ3) is 4.14. The van der Waals surface area contributed by atoms with Crippen LogP contribution in [-0.2, 0) is 19.5 Å². The molecular weight excluding hydrogens is 260 g/mol. The Morgan fingerprint density at radius 2 is 1.95 bits per heavy atom. The lowest BCUT2D eigenvalue weighted by Gasteiger charge is -2.12. The van der Waals surface area contributed by atoms with Crippen LogP contribution >= 0.6 is 0 Å². The largest absolute Gasteiger partial charge is 0.305 e. The molecule has 2 aromatic rings. The molecule has 0 aliphatic carbocycles. The third-order valence-corrected chi connectivity index (χ3v) is 3.94. The van der Waals surface area contributed by atoms with Gasteiger partial charge in [0.25, 0.3) is 0 Å². The predicted molar refractivity (Wildman–Crippen MR) is 86.0 cm³/mol. The Hall–Kier alpha value is -1.68. The van der Waals surface area contributed by atoms with E-state index in [9.17, 15) is 0 Å². The molecule has 0 unspecified atom stereocenters. The van der Waals surface area contributed by atoms with Crippen molar-refractivity contribution in [3.63, 3.8) is 0 Å². The van der Waals surface area contributed by atoms with Gasteiger partial charge >= 0.3 is 0 Å². The highest BCUT2D eigenvalue weighted by molar-refractivity contribution is 5.19. The van der Waals surface area contributed by atoms with E-state index in [1.165, 1.54) is 5.56 Å². The number of aryl methyl sites for hydroxylation is 1. The number of pyridine rings is 1. The van der Waals surface area contributed by atoms with E-state index in [0.29, 0.717) is 6.04 Å². The zero-order valence-corrected chi connectivity index (χ0v) is 13.3. The van der Waals surface area contributed by atoms with Gasteiger partial charge in [0.05, 0.1) is 17.4 Å². The molecule has 0 fully saturated rings. The summed E-state index contributed by atoms with van der Waals surface area (Å²) in [5.41, 5.74) is 3.54. The number of nitrogens with zero attached hydrogens (tertiary/aromatic N) is 3. The second kappa shape index (κ2) is 7.93. The molecule has 4 heteroatoms. The first-order valence-corrected chi connectivity index (χ1v) is 7.95. The lowest BCUT2D eigenvalue weighted by Crippen LogP contribution is -2.16. The van der Waals surface area contributed by atoms with Gasteiger partial charge in [0.15, 0.2) is 0 Å². The van der Waals surface area contributed by atoms with Gasteiger partial charge in [-0.2, -0.15) is 5.10 Å². The SMILES string of the molecule is CCc1cccnc1CNCc1ccn(C(CC)CC)n1. The van der Waals surface area contributed by atoms with E-state index in [2.05, 4.69) is 59.2 Å². The summed E-state index contributed by atoms with van der Waals surface area (Å²) in [6, 6.07) is 6.76. The Labute approximate surface area is 127 Å². The van der Waals surface area contributed by atoms with Crippen molar-refractivity contribution in [3.8, 4) is 0 Å². The fraction of sp³-hybridized carbons (Fsp3) is 0.529. The Kier molecular flexibility index (Phi) is 5.93. The maximum Gasteiger partial charge on any atom is 0.0762 e. The molecular formula is C17H26N4. The summed E-state index contributed by atoms with van der Waals surface area (Å²) in [5, 5.41) is 8.10. The maximum absolute atomic E-state index is 4.66. The lowest BCUT2D eigenvalue weighted by molar-refractivity contribution is 0.424. The van der Waals surface area contributed by atoms with Gasteiger partial charge in [-0.3, -0.25) is 9.67 Å². The van der Waals surface area contributed by atoms with E-state index in [-0.39, 0.29) is 0 Å². The number of hydrogen-bond donors (Lipinski definition) is 1. The zero-order valence-electron chi connectivity index (χ0n) is 13.3. The van der Waals surface area contributed by atoms with Gasteiger partial charge in [0, 0.05) is 25.5 Å². The van der Waals surface area contributed by atoms with Crippen LogP contribution < -0.4 is 5.32 Å². The van der Waals surface area contributed by atoms with Crippen LogP contribution in [0.15, 0.2) is 30.6 Å². The van der Waals surface area contributed by atoms with Crippen LogP contribution in [0.3, 0.4) is 0 Å². The molecule has 2 heterocycles. The van der Waals surface area contributed by atoms with Crippen LogP contribution in [0.1, 0.15) is 56.6 Å². The van der Waals surface area contributed by atoms with Crippen LogP contribution in [0.25, 0.3) is 0 Å². The minimum atomic E-state index is 0.515. The van der Waals surface area contributed by atoms with Gasteiger partial charge in [0.2, 0.25) is 0 Å². The van der Waals surface area contributed by atoms with Crippen molar-refractivity contribution in [1.82, 2.24) is 20.1 Å². The Morgan fingerprint density at radius 1 is 1.14 bits per heavy atom. The van der Waals surface area contributed by atoms with Crippen molar-refractivity contribution >= 4 is 0 Å². The van der Waals surface area contributed by atoms with Crippen molar-refractivity contribution in [2.45, 2.75) is 59.2 Å². The van der Waals surface area contributed by atoms with Crippen molar-refractivity contribution in [2.24, 2.45) is 0 Å². The minimum Gasteiger partial charge on any atom is -0.305 e. The van der Waals surface area contributed by atoms with Gasteiger partial charge < -0.3 is 5.32 Å². The summed E-state index contributed by atoms with van der Waals surface area (Å²) in [6.45, 7) is 8.16. The summed E-state index contributed by atoms with van der Waals surface area (Å²) in [4.78, 5) is 4.45. The Balaban J connectivity index is 1.89.